The number of sulfonamides is 1. The van der Waals surface area contributed by atoms with Gasteiger partial charge in [-0.05, 0) is 71.6 Å². The van der Waals surface area contributed by atoms with E-state index < -0.39 is 34.0 Å². The zero-order valence-corrected chi connectivity index (χ0v) is 34.4. The molecule has 4 aromatic carbocycles. The molecule has 18 heteroatoms. The molecule has 2 amide bonds. The van der Waals surface area contributed by atoms with Gasteiger partial charge in [0.05, 0.1) is 23.7 Å². The van der Waals surface area contributed by atoms with E-state index in [1.807, 2.05) is 59.3 Å². The van der Waals surface area contributed by atoms with Crippen LogP contribution in [-0.4, -0.2) is 91.3 Å². The number of methoxy groups -OCH3 is 1. The van der Waals surface area contributed by atoms with Crippen molar-refractivity contribution in [1.82, 2.24) is 40.4 Å². The van der Waals surface area contributed by atoms with Gasteiger partial charge in [0, 0.05) is 66.8 Å². The number of hydrogen-bond donors (Lipinski definition) is 5. The molecule has 60 heavy (non-hydrogen) atoms. The Morgan fingerprint density at radius 3 is 2.30 bits per heavy atom. The first kappa shape index (κ1) is 43.2. The first-order valence-electron chi connectivity index (χ1n) is 19.0. The number of benzene rings is 4. The third kappa shape index (κ3) is 12.6. The molecular formula is C42H45N9O7S2. The van der Waals surface area contributed by atoms with E-state index in [0.29, 0.717) is 43.6 Å². The Bertz CT molecular complexity index is 2440. The molecule has 6 aromatic rings. The molecule has 0 spiro atoms. The molecule has 0 aliphatic carbocycles. The van der Waals surface area contributed by atoms with Crippen LogP contribution in [0.3, 0.4) is 0 Å². The van der Waals surface area contributed by atoms with Crippen LogP contribution in [0.2, 0.25) is 0 Å². The van der Waals surface area contributed by atoms with Crippen LogP contribution in [0, 0.1) is 0 Å². The zero-order valence-electron chi connectivity index (χ0n) is 32.7. The maximum absolute atomic E-state index is 13.4. The topological polar surface area (TPSA) is 208 Å². The van der Waals surface area contributed by atoms with Crippen molar-refractivity contribution in [3.63, 3.8) is 0 Å². The van der Waals surface area contributed by atoms with Crippen LogP contribution in [0.4, 0.5) is 10.7 Å². The van der Waals surface area contributed by atoms with Crippen LogP contribution < -0.4 is 26.0 Å². The summed E-state index contributed by atoms with van der Waals surface area (Å²) < 4.78 is 41.0. The monoisotopic (exact) mass is 851 g/mol. The highest BCUT2D eigenvalue weighted by Gasteiger charge is 2.27. The number of nitrogens with one attached hydrogen (secondary N) is 5. The summed E-state index contributed by atoms with van der Waals surface area (Å²) in [7, 11) is -3.04. The molecule has 0 aliphatic rings. The molecule has 5 N–H and O–H groups in total. The number of carbonyl (C=O) groups is 3. The van der Waals surface area contributed by atoms with Crippen molar-refractivity contribution in [1.29, 1.82) is 0 Å². The number of rotatable bonds is 21. The minimum absolute atomic E-state index is 0.0599. The van der Waals surface area contributed by atoms with Crippen molar-refractivity contribution in [3.8, 4) is 11.1 Å². The molecule has 0 bridgehead atoms. The van der Waals surface area contributed by atoms with Crippen LogP contribution in [0.25, 0.3) is 22.0 Å². The van der Waals surface area contributed by atoms with E-state index in [9.17, 15) is 22.8 Å². The average Bonchev–Trinajstić information content (AvgIpc) is 3.69. The van der Waals surface area contributed by atoms with E-state index in [1.54, 1.807) is 66.8 Å². The summed E-state index contributed by atoms with van der Waals surface area (Å²) >= 11 is 1.60. The van der Waals surface area contributed by atoms with Gasteiger partial charge in [0.2, 0.25) is 16.0 Å². The summed E-state index contributed by atoms with van der Waals surface area (Å²) in [6.45, 7) is 2.14. The number of alkyl carbamates (subject to hydrolysis) is 1. The molecular weight excluding hydrogens is 807 g/mol. The SMILES string of the molecule is COC(=O)[C@H](CNC(=O)c1ccc2c(cnn2CCCNc2ncccn2)c1)NS(=O)(=O)c1ccc(-c2ccc(SCNCCNC(=O)OCc3ccccc3)cc2)cc1. The van der Waals surface area contributed by atoms with E-state index in [4.69, 9.17) is 9.47 Å². The molecule has 0 fully saturated rings. The maximum Gasteiger partial charge on any atom is 0.407 e. The third-order valence-electron chi connectivity index (χ3n) is 9.03. The van der Waals surface area contributed by atoms with E-state index >= 15 is 0 Å². The number of amides is 2. The van der Waals surface area contributed by atoms with Gasteiger partial charge in [-0.25, -0.2) is 23.2 Å². The lowest BCUT2D eigenvalue weighted by molar-refractivity contribution is -0.142. The van der Waals surface area contributed by atoms with Gasteiger partial charge in [0.25, 0.3) is 5.91 Å². The number of thioether (sulfide) groups is 1. The van der Waals surface area contributed by atoms with Gasteiger partial charge in [-0.1, -0.05) is 54.6 Å². The van der Waals surface area contributed by atoms with Crippen molar-refractivity contribution < 1.29 is 32.3 Å². The van der Waals surface area contributed by atoms with Gasteiger partial charge >= 0.3 is 12.1 Å². The predicted octanol–water partition coefficient (Wildman–Crippen LogP) is 4.81. The normalized spacial score (nSPS) is 11.8. The summed E-state index contributed by atoms with van der Waals surface area (Å²) in [5.41, 5.74) is 3.76. The van der Waals surface area contributed by atoms with Gasteiger partial charge in [0.1, 0.15) is 12.6 Å². The zero-order chi connectivity index (χ0) is 42.2. The van der Waals surface area contributed by atoms with Gasteiger partial charge in [0.15, 0.2) is 0 Å². The van der Waals surface area contributed by atoms with Crippen molar-refractivity contribution >= 4 is 56.6 Å². The lowest BCUT2D eigenvalue weighted by Gasteiger charge is -2.17. The Morgan fingerprint density at radius 2 is 1.57 bits per heavy atom. The molecule has 1 atom stereocenters. The Kier molecular flexibility index (Phi) is 15.6. The average molecular weight is 852 g/mol. The summed E-state index contributed by atoms with van der Waals surface area (Å²) in [5.74, 6) is -0.173. The van der Waals surface area contributed by atoms with Crippen molar-refractivity contribution in [2.75, 3.05) is 44.5 Å². The van der Waals surface area contributed by atoms with Crippen LogP contribution in [-0.2, 0) is 37.4 Å². The van der Waals surface area contributed by atoms with Crippen LogP contribution in [0.15, 0.2) is 132 Å². The number of anilines is 1. The Labute approximate surface area is 351 Å². The van der Waals surface area contributed by atoms with Crippen LogP contribution >= 0.6 is 11.8 Å². The Balaban J connectivity index is 0.939. The third-order valence-corrected chi connectivity index (χ3v) is 11.5. The highest BCUT2D eigenvalue weighted by molar-refractivity contribution is 7.99. The number of aromatic nitrogens is 4. The van der Waals surface area contributed by atoms with Crippen LogP contribution in [0.5, 0.6) is 0 Å². The molecule has 16 nitrogen and oxygen atoms in total. The van der Waals surface area contributed by atoms with Gasteiger partial charge in [-0.3, -0.25) is 14.3 Å². The molecule has 0 saturated heterocycles. The number of esters is 1. The second-order valence-electron chi connectivity index (χ2n) is 13.2. The highest BCUT2D eigenvalue weighted by atomic mass is 32.2. The predicted molar refractivity (Wildman–Crippen MR) is 229 cm³/mol. The molecule has 312 valence electrons. The van der Waals surface area contributed by atoms with Gasteiger partial charge in [-0.15, -0.1) is 11.8 Å². The molecule has 0 saturated carbocycles. The van der Waals surface area contributed by atoms with Gasteiger partial charge in [-0.2, -0.15) is 9.82 Å². The standard InChI is InChI=1S/C42H45N9O7S2/c1-57-40(53)37(27-48-39(52)33-13-18-38-34(25-33)26-49-51(38)24-6-21-46-41-44-19-5-20-45-41)50-60(55,56)36-16-11-32(12-17-36)31-9-14-35(15-10-31)59-29-43-22-23-47-42(54)58-28-30-7-3-2-4-8-30/h2-5,7-20,25-26,37,43,50H,6,21-24,27-29H2,1H3,(H,47,54)(H,48,52)(H,44,45,46)/t37-/m0/s1. The summed E-state index contributed by atoms with van der Waals surface area (Å²) in [6.07, 6.45) is 5.30. The number of ether oxygens (including phenoxy) is 2. The minimum atomic E-state index is -4.19. The molecule has 0 unspecified atom stereocenters. The van der Waals surface area contributed by atoms with Crippen molar-refractivity contribution in [2.45, 2.75) is 35.4 Å². The summed E-state index contributed by atoms with van der Waals surface area (Å²) in [4.78, 5) is 46.9. The number of carbonyl (C=O) groups excluding carboxylic acids is 3. The number of aryl methyl sites for hydroxylation is 1. The van der Waals surface area contributed by atoms with E-state index in [2.05, 4.69) is 41.1 Å². The number of nitrogens with zero attached hydrogens (tertiary/aromatic N) is 4. The molecule has 0 aliphatic heterocycles. The first-order chi connectivity index (χ1) is 29.2. The smallest absolute Gasteiger partial charge is 0.407 e. The fraction of sp³-hybridized carbons (Fsp3) is 0.238. The Hall–Kier alpha value is -6.34. The lowest BCUT2D eigenvalue weighted by atomic mass is 10.1. The van der Waals surface area contributed by atoms with Crippen LogP contribution in [0.1, 0.15) is 22.3 Å². The Morgan fingerprint density at radius 1 is 0.833 bits per heavy atom. The van der Waals surface area contributed by atoms with E-state index in [0.717, 1.165) is 46.0 Å². The fourth-order valence-corrected chi connectivity index (χ4v) is 7.82. The summed E-state index contributed by atoms with van der Waals surface area (Å²) in [6, 6.07) is 29.0. The van der Waals surface area contributed by atoms with Gasteiger partial charge < -0.3 is 30.7 Å². The largest absolute Gasteiger partial charge is 0.468 e. The maximum atomic E-state index is 13.4. The van der Waals surface area contributed by atoms with E-state index in [1.165, 1.54) is 12.1 Å². The molecule has 0 radical (unpaired) electrons. The quantitative estimate of drug-likeness (QED) is 0.0286. The minimum Gasteiger partial charge on any atom is -0.468 e. The fourth-order valence-electron chi connectivity index (χ4n) is 5.90. The highest BCUT2D eigenvalue weighted by Crippen LogP contribution is 2.25. The molecule has 6 rings (SSSR count). The number of fused-ring (bicyclic) bond motifs is 1. The lowest BCUT2D eigenvalue weighted by Crippen LogP contribution is -2.48. The van der Waals surface area contributed by atoms with Crippen molar-refractivity contribution in [3.05, 3.63) is 133 Å². The summed E-state index contributed by atoms with van der Waals surface area (Å²) in [5, 5.41) is 17.0. The first-order valence-corrected chi connectivity index (χ1v) is 21.5. The molecule has 2 heterocycles. The molecule has 2 aromatic heterocycles. The van der Waals surface area contributed by atoms with E-state index in [-0.39, 0.29) is 18.0 Å². The second kappa shape index (κ2) is 21.6. The number of hydrogen-bond acceptors (Lipinski definition) is 13. The second-order valence-corrected chi connectivity index (χ2v) is 16.0. The van der Waals surface area contributed by atoms with Crippen molar-refractivity contribution in [2.24, 2.45) is 0 Å².